The summed E-state index contributed by atoms with van der Waals surface area (Å²) in [5, 5.41) is 0. The van der Waals surface area contributed by atoms with E-state index in [1.54, 1.807) is 0 Å². The van der Waals surface area contributed by atoms with Crippen molar-refractivity contribution >= 4 is 0 Å². The summed E-state index contributed by atoms with van der Waals surface area (Å²) in [5.41, 5.74) is 3.95. The zero-order valence-electron chi connectivity index (χ0n) is 23.4. The van der Waals surface area contributed by atoms with Crippen molar-refractivity contribution in [3.8, 4) is 11.4 Å². The molecule has 2 heteroatoms. The van der Waals surface area contributed by atoms with Crippen LogP contribution in [0.4, 0.5) is 0 Å². The maximum Gasteiger partial charge on any atom is 0.159 e. The molecule has 0 unspecified atom stereocenters. The Bertz CT molecular complexity index is 840. The van der Waals surface area contributed by atoms with Crippen LogP contribution in [0.2, 0.25) is 0 Å². The van der Waals surface area contributed by atoms with Gasteiger partial charge in [0.2, 0.25) is 0 Å². The van der Waals surface area contributed by atoms with E-state index in [1.807, 2.05) is 12.4 Å². The Morgan fingerprint density at radius 2 is 1.22 bits per heavy atom. The van der Waals surface area contributed by atoms with Gasteiger partial charge < -0.3 is 0 Å². The zero-order chi connectivity index (χ0) is 25.0. The smallest absolute Gasteiger partial charge is 0.159 e. The van der Waals surface area contributed by atoms with Crippen molar-refractivity contribution in [3.63, 3.8) is 0 Å². The van der Waals surface area contributed by atoms with Crippen molar-refractivity contribution in [2.24, 2.45) is 17.8 Å². The van der Waals surface area contributed by atoms with Crippen LogP contribution in [0.15, 0.2) is 36.7 Å². The van der Waals surface area contributed by atoms with Gasteiger partial charge in [0, 0.05) is 18.0 Å². The van der Waals surface area contributed by atoms with E-state index in [-0.39, 0.29) is 0 Å². The Labute approximate surface area is 222 Å². The fourth-order valence-corrected chi connectivity index (χ4v) is 7.03. The van der Waals surface area contributed by atoms with Crippen molar-refractivity contribution in [3.05, 3.63) is 47.8 Å². The molecular weight excluding hydrogens is 436 g/mol. The number of aromatic nitrogens is 2. The molecule has 36 heavy (non-hydrogen) atoms. The zero-order valence-corrected chi connectivity index (χ0v) is 23.4. The van der Waals surface area contributed by atoms with Crippen LogP contribution in [0.1, 0.15) is 140 Å². The van der Waals surface area contributed by atoms with Gasteiger partial charge in [0.15, 0.2) is 5.82 Å². The summed E-state index contributed by atoms with van der Waals surface area (Å²) in [6, 6.07) is 9.21. The number of nitrogens with zero attached hydrogens (tertiary/aromatic N) is 2. The standard InChI is InChI=1S/C34H52N2/c1-3-5-7-8-10-12-28-25-35-34(36-26-28)33-23-21-32(22-24-33)31-19-17-30(18-20-31)29-15-13-27(14-16-29)11-9-6-4-2/h21-27,29-31H,3-20H2,1-2H3/t27-,29-,30-,31-. The Balaban J connectivity index is 1.19. The molecule has 198 valence electrons. The maximum atomic E-state index is 4.68. The third-order valence-electron chi connectivity index (χ3n) is 9.46. The molecule has 0 amide bonds. The predicted octanol–water partition coefficient (Wildman–Crippen LogP) is 10.3. The minimum absolute atomic E-state index is 0.747. The van der Waals surface area contributed by atoms with Gasteiger partial charge in [-0.25, -0.2) is 9.97 Å². The van der Waals surface area contributed by atoms with Crippen molar-refractivity contribution < 1.29 is 0 Å². The molecule has 1 aromatic carbocycles. The van der Waals surface area contributed by atoms with Crippen LogP contribution in [0.5, 0.6) is 0 Å². The van der Waals surface area contributed by atoms with E-state index < -0.39 is 0 Å². The Kier molecular flexibility index (Phi) is 11.3. The highest BCUT2D eigenvalue weighted by Gasteiger charge is 2.31. The van der Waals surface area contributed by atoms with E-state index in [9.17, 15) is 0 Å². The number of hydrogen-bond donors (Lipinski definition) is 0. The highest BCUT2D eigenvalue weighted by Crippen LogP contribution is 2.44. The van der Waals surface area contributed by atoms with Crippen molar-refractivity contribution in [2.45, 2.75) is 135 Å². The van der Waals surface area contributed by atoms with E-state index in [0.29, 0.717) is 0 Å². The molecule has 2 saturated carbocycles. The van der Waals surface area contributed by atoms with Gasteiger partial charge in [0.05, 0.1) is 0 Å². The van der Waals surface area contributed by atoms with E-state index in [4.69, 9.17) is 0 Å². The Morgan fingerprint density at radius 3 is 1.86 bits per heavy atom. The largest absolute Gasteiger partial charge is 0.236 e. The second-order valence-electron chi connectivity index (χ2n) is 12.1. The summed E-state index contributed by atoms with van der Waals surface area (Å²) in [6.45, 7) is 4.59. The monoisotopic (exact) mass is 488 g/mol. The number of aryl methyl sites for hydroxylation is 1. The second kappa shape index (κ2) is 14.9. The third-order valence-corrected chi connectivity index (χ3v) is 9.46. The molecule has 2 nitrogen and oxygen atoms in total. The molecule has 2 fully saturated rings. The maximum absolute atomic E-state index is 4.68. The molecule has 1 heterocycles. The SMILES string of the molecule is CCCCCCCc1cnc(-c2ccc([C@H]3CC[C@H]([C@H]4CC[C@H](CCCCC)CC4)CC3)cc2)nc1. The fraction of sp³-hybridized carbons (Fsp3) is 0.706. The summed E-state index contributed by atoms with van der Waals surface area (Å²) >= 11 is 0. The first-order valence-corrected chi connectivity index (χ1v) is 15.7. The van der Waals surface area contributed by atoms with E-state index in [1.165, 1.54) is 120 Å². The van der Waals surface area contributed by atoms with E-state index in [2.05, 4.69) is 48.1 Å². The van der Waals surface area contributed by atoms with Crippen LogP contribution >= 0.6 is 0 Å². The van der Waals surface area contributed by atoms with E-state index in [0.717, 1.165) is 41.5 Å². The van der Waals surface area contributed by atoms with Crippen molar-refractivity contribution in [2.75, 3.05) is 0 Å². The molecule has 0 saturated heterocycles. The average molecular weight is 489 g/mol. The third kappa shape index (κ3) is 8.15. The fourth-order valence-electron chi connectivity index (χ4n) is 7.03. The lowest BCUT2D eigenvalue weighted by Gasteiger charge is -2.38. The number of benzene rings is 1. The first-order valence-electron chi connectivity index (χ1n) is 15.7. The van der Waals surface area contributed by atoms with Crippen molar-refractivity contribution in [1.29, 1.82) is 0 Å². The molecule has 0 spiro atoms. The molecule has 2 aromatic rings. The Hall–Kier alpha value is -1.70. The van der Waals surface area contributed by atoms with Crippen LogP contribution < -0.4 is 0 Å². The van der Waals surface area contributed by atoms with E-state index >= 15 is 0 Å². The van der Waals surface area contributed by atoms with Gasteiger partial charge in [-0.15, -0.1) is 0 Å². The molecule has 1 aromatic heterocycles. The molecule has 0 bridgehead atoms. The second-order valence-corrected chi connectivity index (χ2v) is 12.1. The van der Waals surface area contributed by atoms with Gasteiger partial charge in [-0.2, -0.15) is 0 Å². The first-order chi connectivity index (χ1) is 17.8. The van der Waals surface area contributed by atoms with Crippen LogP contribution in [-0.4, -0.2) is 9.97 Å². The summed E-state index contributed by atoms with van der Waals surface area (Å²) in [4.78, 5) is 9.37. The average Bonchev–Trinajstić information content (AvgIpc) is 2.94. The van der Waals surface area contributed by atoms with Crippen LogP contribution in [0, 0.1) is 17.8 Å². The normalized spacial score (nSPS) is 24.6. The quantitative estimate of drug-likeness (QED) is 0.262. The van der Waals surface area contributed by atoms with Gasteiger partial charge in [-0.3, -0.25) is 0 Å². The number of hydrogen-bond acceptors (Lipinski definition) is 2. The van der Waals surface area contributed by atoms with Crippen molar-refractivity contribution in [1.82, 2.24) is 9.97 Å². The molecule has 2 aliphatic rings. The number of rotatable bonds is 13. The lowest BCUT2D eigenvalue weighted by Crippen LogP contribution is -2.25. The molecule has 0 radical (unpaired) electrons. The highest BCUT2D eigenvalue weighted by atomic mass is 14.9. The van der Waals surface area contributed by atoms with Gasteiger partial charge >= 0.3 is 0 Å². The van der Waals surface area contributed by atoms with Gasteiger partial charge in [0.25, 0.3) is 0 Å². The lowest BCUT2D eigenvalue weighted by molar-refractivity contribution is 0.155. The molecule has 0 aliphatic heterocycles. The summed E-state index contributed by atoms with van der Waals surface area (Å²) in [6.07, 6.45) is 29.2. The number of unbranched alkanes of at least 4 members (excludes halogenated alkanes) is 6. The molecule has 0 N–H and O–H groups in total. The summed E-state index contributed by atoms with van der Waals surface area (Å²) in [7, 11) is 0. The minimum atomic E-state index is 0.747. The predicted molar refractivity (Wildman–Crippen MR) is 154 cm³/mol. The lowest BCUT2D eigenvalue weighted by atomic mass is 9.68. The molecule has 4 rings (SSSR count). The van der Waals surface area contributed by atoms with Crippen LogP contribution in [-0.2, 0) is 6.42 Å². The summed E-state index contributed by atoms with van der Waals surface area (Å²) < 4.78 is 0. The molecule has 2 aliphatic carbocycles. The first kappa shape index (κ1) is 27.3. The Morgan fingerprint density at radius 1 is 0.639 bits per heavy atom. The van der Waals surface area contributed by atoms with Gasteiger partial charge in [-0.05, 0) is 86.2 Å². The molecular formula is C34H52N2. The van der Waals surface area contributed by atoms with Crippen LogP contribution in [0.25, 0.3) is 11.4 Å². The van der Waals surface area contributed by atoms with Gasteiger partial charge in [-0.1, -0.05) is 102 Å². The summed E-state index contributed by atoms with van der Waals surface area (Å²) in [5.74, 6) is 4.67. The minimum Gasteiger partial charge on any atom is -0.236 e. The molecule has 0 atom stereocenters. The topological polar surface area (TPSA) is 25.8 Å². The van der Waals surface area contributed by atoms with Crippen LogP contribution in [0.3, 0.4) is 0 Å². The van der Waals surface area contributed by atoms with Gasteiger partial charge in [0.1, 0.15) is 0 Å². The highest BCUT2D eigenvalue weighted by molar-refractivity contribution is 5.55.